The second-order valence-electron chi connectivity index (χ2n) is 10.0. The number of hydrogen-bond donors (Lipinski definition) is 3. The van der Waals surface area contributed by atoms with Gasteiger partial charge in [0.2, 0.25) is 0 Å². The molecule has 1 aliphatic carbocycles. The van der Waals surface area contributed by atoms with Crippen molar-refractivity contribution in [3.8, 4) is 11.5 Å². The lowest BCUT2D eigenvalue weighted by Gasteiger charge is -2.45. The Morgan fingerprint density at radius 3 is 2.31 bits per heavy atom. The van der Waals surface area contributed by atoms with Crippen molar-refractivity contribution in [1.82, 2.24) is 14.9 Å². The fourth-order valence-electron chi connectivity index (χ4n) is 5.37. The van der Waals surface area contributed by atoms with Gasteiger partial charge in [-0.15, -0.1) is 0 Å². The Bertz CT molecular complexity index is 1150. The first kappa shape index (κ1) is 23.3. The molecule has 1 aromatic heterocycles. The fourth-order valence-corrected chi connectivity index (χ4v) is 5.37. The fraction of sp³-hybridized carbons (Fsp3) is 0.393. The van der Waals surface area contributed by atoms with Gasteiger partial charge in [0.1, 0.15) is 29.5 Å². The SMILES string of the molecule is CN1CCC2(CCC(Nc3ncnc(N)c3C(=N)c3ccc(Oc4ccccc4)cc3)CC2)CC1. The van der Waals surface area contributed by atoms with Crippen LogP contribution in [0.15, 0.2) is 60.9 Å². The highest BCUT2D eigenvalue weighted by Crippen LogP contribution is 2.45. The summed E-state index contributed by atoms with van der Waals surface area (Å²) in [5.41, 5.74) is 8.37. The van der Waals surface area contributed by atoms with E-state index in [-0.39, 0.29) is 0 Å². The lowest BCUT2D eigenvalue weighted by atomic mass is 9.67. The molecule has 35 heavy (non-hydrogen) atoms. The second-order valence-corrected chi connectivity index (χ2v) is 10.0. The number of benzene rings is 2. The molecule has 1 saturated carbocycles. The predicted octanol–water partition coefficient (Wildman–Crippen LogP) is 5.33. The van der Waals surface area contributed by atoms with Crippen LogP contribution in [0.3, 0.4) is 0 Å². The largest absolute Gasteiger partial charge is 0.457 e. The summed E-state index contributed by atoms with van der Waals surface area (Å²) in [4.78, 5) is 11.1. The maximum atomic E-state index is 8.89. The third-order valence-electron chi connectivity index (χ3n) is 7.68. The molecular formula is C28H34N6O. The van der Waals surface area contributed by atoms with Gasteiger partial charge in [-0.1, -0.05) is 18.2 Å². The summed E-state index contributed by atoms with van der Waals surface area (Å²) in [6, 6.07) is 17.5. The van der Waals surface area contributed by atoms with Crippen molar-refractivity contribution in [2.45, 2.75) is 44.6 Å². The number of likely N-dealkylation sites (tertiary alicyclic amines) is 1. The van der Waals surface area contributed by atoms with E-state index in [1.54, 1.807) is 0 Å². The Labute approximate surface area is 207 Å². The van der Waals surface area contributed by atoms with E-state index in [1.165, 1.54) is 45.1 Å². The van der Waals surface area contributed by atoms with Gasteiger partial charge in [0.25, 0.3) is 0 Å². The van der Waals surface area contributed by atoms with Crippen LogP contribution in [0.1, 0.15) is 49.7 Å². The Kier molecular flexibility index (Phi) is 6.68. The first-order valence-electron chi connectivity index (χ1n) is 12.5. The van der Waals surface area contributed by atoms with E-state index in [1.807, 2.05) is 54.6 Å². The van der Waals surface area contributed by atoms with Gasteiger partial charge in [0.15, 0.2) is 0 Å². The lowest BCUT2D eigenvalue weighted by Crippen LogP contribution is -2.42. The molecule has 1 aliphatic heterocycles. The summed E-state index contributed by atoms with van der Waals surface area (Å²) in [5, 5.41) is 12.5. The van der Waals surface area contributed by atoms with Crippen LogP contribution in [0.25, 0.3) is 0 Å². The first-order valence-corrected chi connectivity index (χ1v) is 12.5. The second kappa shape index (κ2) is 10.0. The molecule has 4 N–H and O–H groups in total. The van der Waals surface area contributed by atoms with Crippen molar-refractivity contribution in [1.29, 1.82) is 5.41 Å². The topological polar surface area (TPSA) is 100 Å². The summed E-state index contributed by atoms with van der Waals surface area (Å²) in [6.45, 7) is 2.41. The molecule has 2 aromatic carbocycles. The Balaban J connectivity index is 1.27. The van der Waals surface area contributed by atoms with Crippen molar-refractivity contribution in [3.63, 3.8) is 0 Å². The molecule has 3 aromatic rings. The molecule has 2 fully saturated rings. The van der Waals surface area contributed by atoms with Gasteiger partial charge >= 0.3 is 0 Å². The molecule has 2 heterocycles. The van der Waals surface area contributed by atoms with Crippen molar-refractivity contribution >= 4 is 17.3 Å². The van der Waals surface area contributed by atoms with Crippen LogP contribution in [0.5, 0.6) is 11.5 Å². The van der Waals surface area contributed by atoms with Crippen LogP contribution in [-0.2, 0) is 0 Å². The van der Waals surface area contributed by atoms with E-state index < -0.39 is 0 Å². The molecule has 1 spiro atoms. The average Bonchev–Trinajstić information content (AvgIpc) is 2.88. The number of nitrogens with zero attached hydrogens (tertiary/aromatic N) is 3. The number of nitrogens with two attached hydrogens (primary N) is 1. The van der Waals surface area contributed by atoms with Crippen LogP contribution < -0.4 is 15.8 Å². The zero-order valence-electron chi connectivity index (χ0n) is 20.3. The number of ether oxygens (including phenoxy) is 1. The average molecular weight is 471 g/mol. The molecule has 0 unspecified atom stereocenters. The van der Waals surface area contributed by atoms with Crippen LogP contribution >= 0.6 is 0 Å². The molecule has 7 heteroatoms. The van der Waals surface area contributed by atoms with Gasteiger partial charge in [-0.25, -0.2) is 9.97 Å². The van der Waals surface area contributed by atoms with Gasteiger partial charge in [0, 0.05) is 11.6 Å². The zero-order chi connectivity index (χ0) is 24.3. The summed E-state index contributed by atoms with van der Waals surface area (Å²) < 4.78 is 5.89. The molecule has 0 radical (unpaired) electrons. The van der Waals surface area contributed by atoms with Crippen molar-refractivity contribution in [2.24, 2.45) is 5.41 Å². The molecule has 1 saturated heterocycles. The Morgan fingerprint density at radius 1 is 0.971 bits per heavy atom. The highest BCUT2D eigenvalue weighted by Gasteiger charge is 2.37. The molecule has 5 rings (SSSR count). The highest BCUT2D eigenvalue weighted by atomic mass is 16.5. The maximum absolute atomic E-state index is 8.89. The predicted molar refractivity (Wildman–Crippen MR) is 140 cm³/mol. The van der Waals surface area contributed by atoms with Gasteiger partial charge in [0.05, 0.1) is 11.3 Å². The minimum atomic E-state index is 0.305. The van der Waals surface area contributed by atoms with E-state index in [0.29, 0.717) is 40.1 Å². The van der Waals surface area contributed by atoms with Crippen LogP contribution in [0, 0.1) is 10.8 Å². The molecule has 0 amide bonds. The van der Waals surface area contributed by atoms with Crippen LogP contribution in [-0.4, -0.2) is 46.8 Å². The summed E-state index contributed by atoms with van der Waals surface area (Å²) >= 11 is 0. The van der Waals surface area contributed by atoms with Crippen LogP contribution in [0.4, 0.5) is 11.6 Å². The first-order chi connectivity index (χ1) is 17.0. The summed E-state index contributed by atoms with van der Waals surface area (Å²) in [5.74, 6) is 2.46. The zero-order valence-corrected chi connectivity index (χ0v) is 20.3. The number of nitrogen functional groups attached to an aromatic ring is 1. The monoisotopic (exact) mass is 470 g/mol. The number of para-hydroxylation sites is 1. The molecule has 2 aliphatic rings. The minimum Gasteiger partial charge on any atom is -0.457 e. The number of piperidine rings is 1. The van der Waals surface area contributed by atoms with E-state index in [2.05, 4.69) is 27.2 Å². The Hall–Kier alpha value is -3.45. The third-order valence-corrected chi connectivity index (χ3v) is 7.68. The lowest BCUT2D eigenvalue weighted by molar-refractivity contribution is 0.0770. The molecular weight excluding hydrogens is 436 g/mol. The summed E-state index contributed by atoms with van der Waals surface area (Å²) in [7, 11) is 2.22. The van der Waals surface area contributed by atoms with Gasteiger partial charge in [-0.05, 0) is 100 Å². The van der Waals surface area contributed by atoms with Gasteiger partial charge < -0.3 is 20.7 Å². The molecule has 0 bridgehead atoms. The number of hydrogen-bond acceptors (Lipinski definition) is 7. The van der Waals surface area contributed by atoms with E-state index >= 15 is 0 Å². The molecule has 7 nitrogen and oxygen atoms in total. The number of anilines is 2. The van der Waals surface area contributed by atoms with Gasteiger partial charge in [-0.3, -0.25) is 5.41 Å². The molecule has 0 atom stereocenters. The number of nitrogens with one attached hydrogen (secondary N) is 2. The number of rotatable bonds is 6. The van der Waals surface area contributed by atoms with E-state index in [0.717, 1.165) is 24.2 Å². The van der Waals surface area contributed by atoms with Crippen molar-refractivity contribution in [2.75, 3.05) is 31.2 Å². The van der Waals surface area contributed by atoms with E-state index in [9.17, 15) is 0 Å². The smallest absolute Gasteiger partial charge is 0.141 e. The van der Waals surface area contributed by atoms with Gasteiger partial charge in [-0.2, -0.15) is 0 Å². The third kappa shape index (κ3) is 5.30. The van der Waals surface area contributed by atoms with Crippen molar-refractivity contribution < 1.29 is 4.74 Å². The number of aromatic nitrogens is 2. The molecule has 182 valence electrons. The summed E-state index contributed by atoms with van der Waals surface area (Å²) in [6.07, 6.45) is 8.81. The Morgan fingerprint density at radius 2 is 1.63 bits per heavy atom. The van der Waals surface area contributed by atoms with E-state index in [4.69, 9.17) is 15.9 Å². The van der Waals surface area contributed by atoms with Crippen LogP contribution in [0.2, 0.25) is 0 Å². The normalized spacial score (nSPS) is 18.3. The quantitative estimate of drug-likeness (QED) is 0.421. The minimum absolute atomic E-state index is 0.305. The standard InChI is InChI=1S/C28H34N6O/c1-34-17-15-28(16-18-34)13-11-21(12-14-28)33-27-24(26(30)31-19-32-27)25(29)20-7-9-23(10-8-20)35-22-5-3-2-4-6-22/h2-10,19,21,29H,11-18H2,1H3,(H3,30,31,32,33). The highest BCUT2D eigenvalue weighted by molar-refractivity contribution is 6.16. The van der Waals surface area contributed by atoms with Crippen molar-refractivity contribution in [3.05, 3.63) is 72.1 Å². The maximum Gasteiger partial charge on any atom is 0.141 e.